The van der Waals surface area contributed by atoms with Gasteiger partial charge in [0.05, 0.1) is 29.6 Å². The molecule has 0 aliphatic heterocycles. The number of aromatic nitrogens is 2. The van der Waals surface area contributed by atoms with Gasteiger partial charge in [0.2, 0.25) is 0 Å². The molecule has 0 saturated carbocycles. The van der Waals surface area contributed by atoms with Crippen LogP contribution in [0.15, 0.2) is 18.2 Å². The van der Waals surface area contributed by atoms with Gasteiger partial charge in [0.1, 0.15) is 5.82 Å². The minimum absolute atomic E-state index is 0.301. The first-order valence-electron chi connectivity index (χ1n) is 6.74. The van der Waals surface area contributed by atoms with Gasteiger partial charge >= 0.3 is 0 Å². The SMILES string of the molecule is CCCC(COC)n1c(CCl)nc2c(C)cccc21. The van der Waals surface area contributed by atoms with E-state index in [1.807, 2.05) is 0 Å². The molecule has 4 heteroatoms. The second-order valence-corrected chi connectivity index (χ2v) is 5.14. The number of hydrogen-bond acceptors (Lipinski definition) is 2. The summed E-state index contributed by atoms with van der Waals surface area (Å²) in [7, 11) is 1.74. The van der Waals surface area contributed by atoms with E-state index in [1.54, 1.807) is 7.11 Å². The predicted octanol–water partition coefficient (Wildman–Crippen LogP) is 4.07. The number of hydrogen-bond donors (Lipinski definition) is 0. The molecule has 0 aliphatic carbocycles. The lowest BCUT2D eigenvalue weighted by atomic mass is 10.1. The average molecular weight is 281 g/mol. The van der Waals surface area contributed by atoms with Crippen LogP contribution in [0.1, 0.15) is 37.2 Å². The van der Waals surface area contributed by atoms with Gasteiger partial charge in [-0.2, -0.15) is 0 Å². The first-order chi connectivity index (χ1) is 9.22. The van der Waals surface area contributed by atoms with Crippen LogP contribution >= 0.6 is 11.6 Å². The summed E-state index contributed by atoms with van der Waals surface area (Å²) in [5, 5.41) is 0. The molecular formula is C15H21ClN2O. The van der Waals surface area contributed by atoms with Gasteiger partial charge < -0.3 is 9.30 Å². The summed E-state index contributed by atoms with van der Waals surface area (Å²) >= 11 is 6.08. The number of methoxy groups -OCH3 is 1. The number of imidazole rings is 1. The van der Waals surface area contributed by atoms with Gasteiger partial charge in [-0.25, -0.2) is 4.98 Å². The van der Waals surface area contributed by atoms with E-state index >= 15 is 0 Å². The topological polar surface area (TPSA) is 27.1 Å². The number of benzene rings is 1. The van der Waals surface area contributed by atoms with Crippen molar-refractivity contribution in [1.82, 2.24) is 9.55 Å². The first-order valence-corrected chi connectivity index (χ1v) is 7.27. The standard InChI is InChI=1S/C15H21ClN2O/c1-4-6-12(10-19-3)18-13-8-5-7-11(2)15(13)17-14(18)9-16/h5,7-8,12H,4,6,9-10H2,1-3H3. The van der Waals surface area contributed by atoms with Gasteiger partial charge in [0.15, 0.2) is 0 Å². The second kappa shape index (κ2) is 6.40. The number of nitrogens with zero attached hydrogens (tertiary/aromatic N) is 2. The zero-order valence-corrected chi connectivity index (χ0v) is 12.6. The fourth-order valence-corrected chi connectivity index (χ4v) is 2.81. The number of rotatable bonds is 6. The largest absolute Gasteiger partial charge is 0.383 e. The van der Waals surface area contributed by atoms with E-state index in [4.69, 9.17) is 21.3 Å². The van der Waals surface area contributed by atoms with Crippen molar-refractivity contribution in [1.29, 1.82) is 0 Å². The number of ether oxygens (including phenoxy) is 1. The van der Waals surface area contributed by atoms with Gasteiger partial charge in [-0.3, -0.25) is 0 Å². The van der Waals surface area contributed by atoms with Gasteiger partial charge in [-0.1, -0.05) is 25.5 Å². The Balaban J connectivity index is 2.58. The van der Waals surface area contributed by atoms with E-state index in [0.717, 1.165) is 29.7 Å². The van der Waals surface area contributed by atoms with Crippen LogP contribution in [-0.2, 0) is 10.6 Å². The summed E-state index contributed by atoms with van der Waals surface area (Å²) in [5.41, 5.74) is 3.40. The highest BCUT2D eigenvalue weighted by atomic mass is 35.5. The van der Waals surface area contributed by atoms with Crippen LogP contribution in [0.4, 0.5) is 0 Å². The Morgan fingerprint density at radius 3 is 2.84 bits per heavy atom. The Bertz CT molecular complexity index is 544. The molecule has 2 aromatic rings. The Kier molecular flexibility index (Phi) is 4.83. The van der Waals surface area contributed by atoms with Crippen molar-refractivity contribution in [3.8, 4) is 0 Å². The number of alkyl halides is 1. The van der Waals surface area contributed by atoms with E-state index in [9.17, 15) is 0 Å². The summed E-state index contributed by atoms with van der Waals surface area (Å²) in [6.45, 7) is 4.97. The van der Waals surface area contributed by atoms with Crippen molar-refractivity contribution < 1.29 is 4.74 Å². The third kappa shape index (κ3) is 2.77. The summed E-state index contributed by atoms with van der Waals surface area (Å²) < 4.78 is 7.62. The fraction of sp³-hybridized carbons (Fsp3) is 0.533. The van der Waals surface area contributed by atoms with Crippen LogP contribution in [0.25, 0.3) is 11.0 Å². The fourth-order valence-electron chi connectivity index (χ4n) is 2.62. The van der Waals surface area contributed by atoms with E-state index in [2.05, 4.69) is 36.6 Å². The molecule has 0 amide bonds. The molecule has 0 N–H and O–H groups in total. The molecule has 0 bridgehead atoms. The lowest BCUT2D eigenvalue weighted by molar-refractivity contribution is 0.151. The highest BCUT2D eigenvalue weighted by molar-refractivity contribution is 6.16. The molecule has 2 rings (SSSR count). The van der Waals surface area contributed by atoms with Crippen LogP contribution < -0.4 is 0 Å². The maximum atomic E-state index is 6.08. The van der Waals surface area contributed by atoms with Gasteiger partial charge in [-0.15, -0.1) is 11.6 Å². The normalized spacial score (nSPS) is 13.1. The molecule has 0 fully saturated rings. The third-order valence-corrected chi connectivity index (χ3v) is 3.70. The van der Waals surface area contributed by atoms with E-state index in [1.165, 1.54) is 5.56 Å². The van der Waals surface area contributed by atoms with E-state index in [-0.39, 0.29) is 0 Å². The maximum absolute atomic E-state index is 6.08. The number of para-hydroxylation sites is 1. The summed E-state index contributed by atoms with van der Waals surface area (Å²) in [4.78, 5) is 4.69. The molecule has 0 aliphatic rings. The molecule has 0 spiro atoms. The van der Waals surface area contributed by atoms with Crippen LogP contribution in [0.3, 0.4) is 0 Å². The highest BCUT2D eigenvalue weighted by Gasteiger charge is 2.18. The van der Waals surface area contributed by atoms with Crippen LogP contribution in [0, 0.1) is 6.92 Å². The predicted molar refractivity (Wildman–Crippen MR) is 79.8 cm³/mol. The molecule has 0 saturated heterocycles. The zero-order chi connectivity index (χ0) is 13.8. The second-order valence-electron chi connectivity index (χ2n) is 4.87. The maximum Gasteiger partial charge on any atom is 0.125 e. The van der Waals surface area contributed by atoms with Crippen molar-refractivity contribution in [2.75, 3.05) is 13.7 Å². The Morgan fingerprint density at radius 2 is 2.21 bits per heavy atom. The lowest BCUT2D eigenvalue weighted by Crippen LogP contribution is -2.16. The summed E-state index contributed by atoms with van der Waals surface area (Å²) in [6.07, 6.45) is 2.18. The minimum atomic E-state index is 0.301. The van der Waals surface area contributed by atoms with Crippen LogP contribution in [-0.4, -0.2) is 23.3 Å². The zero-order valence-electron chi connectivity index (χ0n) is 11.8. The Labute approximate surface area is 119 Å². The van der Waals surface area contributed by atoms with Crippen LogP contribution in [0.2, 0.25) is 0 Å². The van der Waals surface area contributed by atoms with Crippen molar-refractivity contribution in [2.24, 2.45) is 0 Å². The van der Waals surface area contributed by atoms with Crippen molar-refractivity contribution in [2.45, 2.75) is 38.6 Å². The number of halogens is 1. The smallest absolute Gasteiger partial charge is 0.125 e. The van der Waals surface area contributed by atoms with Crippen LogP contribution in [0.5, 0.6) is 0 Å². The highest BCUT2D eigenvalue weighted by Crippen LogP contribution is 2.27. The summed E-state index contributed by atoms with van der Waals surface area (Å²) in [6, 6.07) is 6.58. The van der Waals surface area contributed by atoms with Gasteiger partial charge in [0.25, 0.3) is 0 Å². The van der Waals surface area contributed by atoms with Gasteiger partial charge in [0, 0.05) is 7.11 Å². The molecule has 1 atom stereocenters. The first kappa shape index (κ1) is 14.4. The van der Waals surface area contributed by atoms with Gasteiger partial charge in [-0.05, 0) is 25.0 Å². The van der Waals surface area contributed by atoms with Crippen molar-refractivity contribution in [3.63, 3.8) is 0 Å². The minimum Gasteiger partial charge on any atom is -0.383 e. The summed E-state index contributed by atoms with van der Waals surface area (Å²) in [5.74, 6) is 1.36. The molecule has 1 unspecified atom stereocenters. The van der Waals surface area contributed by atoms with E-state index < -0.39 is 0 Å². The molecule has 1 aromatic carbocycles. The average Bonchev–Trinajstić information content (AvgIpc) is 2.78. The molecule has 1 heterocycles. The monoisotopic (exact) mass is 280 g/mol. The Hall–Kier alpha value is -1.06. The lowest BCUT2D eigenvalue weighted by Gasteiger charge is -2.20. The molecule has 1 aromatic heterocycles. The molecule has 19 heavy (non-hydrogen) atoms. The van der Waals surface area contributed by atoms with Crippen molar-refractivity contribution in [3.05, 3.63) is 29.6 Å². The quantitative estimate of drug-likeness (QED) is 0.746. The molecular weight excluding hydrogens is 260 g/mol. The number of fused-ring (bicyclic) bond motifs is 1. The molecule has 0 radical (unpaired) electrons. The van der Waals surface area contributed by atoms with E-state index in [0.29, 0.717) is 18.5 Å². The van der Waals surface area contributed by atoms with Crippen molar-refractivity contribution >= 4 is 22.6 Å². The third-order valence-electron chi connectivity index (χ3n) is 3.46. The molecule has 104 valence electrons. The number of aryl methyl sites for hydroxylation is 1. The molecule has 3 nitrogen and oxygen atoms in total. The Morgan fingerprint density at radius 1 is 1.42 bits per heavy atom.